The highest BCUT2D eigenvalue weighted by Crippen LogP contribution is 2.39. The van der Waals surface area contributed by atoms with Crippen LogP contribution in [0.15, 0.2) is 0 Å². The minimum Gasteiger partial charge on any atom is -0.316 e. The van der Waals surface area contributed by atoms with Crippen molar-refractivity contribution in [3.05, 3.63) is 0 Å². The van der Waals surface area contributed by atoms with Crippen molar-refractivity contribution < 1.29 is 0 Å². The van der Waals surface area contributed by atoms with Crippen LogP contribution in [0.25, 0.3) is 0 Å². The fourth-order valence-electron chi connectivity index (χ4n) is 3.80. The molecular weight excluding hydrogens is 264 g/mol. The van der Waals surface area contributed by atoms with Gasteiger partial charge < -0.3 is 10.2 Å². The third-order valence-electron chi connectivity index (χ3n) is 5.15. The summed E-state index contributed by atoms with van der Waals surface area (Å²) in [5, 5.41) is 4.56. The van der Waals surface area contributed by atoms with E-state index >= 15 is 0 Å². The van der Waals surface area contributed by atoms with E-state index in [4.69, 9.17) is 0 Å². The molecule has 0 radical (unpaired) electrons. The summed E-state index contributed by atoms with van der Waals surface area (Å²) >= 11 is 2.15. The van der Waals surface area contributed by atoms with Crippen LogP contribution >= 0.6 is 11.8 Å². The average molecular weight is 299 g/mol. The Morgan fingerprint density at radius 1 is 1.25 bits per heavy atom. The van der Waals surface area contributed by atoms with E-state index < -0.39 is 0 Å². The van der Waals surface area contributed by atoms with Gasteiger partial charge in [-0.2, -0.15) is 11.8 Å². The number of rotatable bonds is 6. The van der Waals surface area contributed by atoms with Gasteiger partial charge in [0.25, 0.3) is 0 Å². The Labute approximate surface area is 130 Å². The molecule has 20 heavy (non-hydrogen) atoms. The van der Waals surface area contributed by atoms with Crippen molar-refractivity contribution in [3.8, 4) is 0 Å². The van der Waals surface area contributed by atoms with Gasteiger partial charge in [0.2, 0.25) is 0 Å². The predicted octanol–water partition coefficient (Wildman–Crippen LogP) is 3.62. The molecule has 1 saturated heterocycles. The van der Waals surface area contributed by atoms with Gasteiger partial charge in [0.05, 0.1) is 0 Å². The van der Waals surface area contributed by atoms with E-state index in [0.717, 1.165) is 11.2 Å². The standard InChI is InChI=1S/C17H34N2S/c1-4-9-18-13-17(7-5-15(2)6-8-17)14-19-10-11-20-16(3)12-19/h15-16,18H,4-14H2,1-3H3. The molecule has 0 spiro atoms. The first kappa shape index (κ1) is 16.6. The summed E-state index contributed by atoms with van der Waals surface area (Å²) in [5.41, 5.74) is 0.559. The molecule has 118 valence electrons. The third kappa shape index (κ3) is 4.92. The number of hydrogen-bond donors (Lipinski definition) is 1. The zero-order valence-electron chi connectivity index (χ0n) is 13.8. The number of thioether (sulfide) groups is 1. The second kappa shape index (κ2) is 8.05. The fourth-order valence-corrected chi connectivity index (χ4v) is 4.89. The first-order chi connectivity index (χ1) is 9.63. The van der Waals surface area contributed by atoms with Crippen LogP contribution < -0.4 is 5.32 Å². The van der Waals surface area contributed by atoms with E-state index in [1.807, 2.05) is 0 Å². The monoisotopic (exact) mass is 298 g/mol. The topological polar surface area (TPSA) is 15.3 Å². The molecule has 1 aliphatic heterocycles. The third-order valence-corrected chi connectivity index (χ3v) is 6.28. The van der Waals surface area contributed by atoms with Crippen molar-refractivity contribution >= 4 is 11.8 Å². The van der Waals surface area contributed by atoms with Crippen LogP contribution in [0.1, 0.15) is 52.9 Å². The molecule has 1 heterocycles. The van der Waals surface area contributed by atoms with Gasteiger partial charge in [-0.3, -0.25) is 0 Å². The number of nitrogens with one attached hydrogen (secondary N) is 1. The SMILES string of the molecule is CCCNCC1(CN2CCSC(C)C2)CCC(C)CC1. The quantitative estimate of drug-likeness (QED) is 0.754. The molecule has 1 atom stereocenters. The van der Waals surface area contributed by atoms with Gasteiger partial charge in [-0.25, -0.2) is 0 Å². The Kier molecular flexibility index (Phi) is 6.70. The Bertz CT molecular complexity index is 274. The smallest absolute Gasteiger partial charge is 0.0147 e. The minimum atomic E-state index is 0.559. The highest BCUT2D eigenvalue weighted by atomic mass is 32.2. The highest BCUT2D eigenvalue weighted by molar-refractivity contribution is 7.99. The van der Waals surface area contributed by atoms with E-state index in [1.54, 1.807) is 0 Å². The maximum Gasteiger partial charge on any atom is 0.0147 e. The number of hydrogen-bond acceptors (Lipinski definition) is 3. The normalized spacial score (nSPS) is 36.1. The van der Waals surface area contributed by atoms with Crippen molar-refractivity contribution in [3.63, 3.8) is 0 Å². The molecule has 2 nitrogen and oxygen atoms in total. The summed E-state index contributed by atoms with van der Waals surface area (Å²) in [4.78, 5) is 2.75. The first-order valence-electron chi connectivity index (χ1n) is 8.68. The van der Waals surface area contributed by atoms with Gasteiger partial charge in [0.15, 0.2) is 0 Å². The number of nitrogens with zero attached hydrogens (tertiary/aromatic N) is 1. The molecule has 0 aromatic rings. The lowest BCUT2D eigenvalue weighted by Gasteiger charge is -2.44. The lowest BCUT2D eigenvalue weighted by Crippen LogP contribution is -2.49. The predicted molar refractivity (Wildman–Crippen MR) is 91.6 cm³/mol. The molecule has 1 aliphatic carbocycles. The average Bonchev–Trinajstić information content (AvgIpc) is 2.43. The Morgan fingerprint density at radius 3 is 2.65 bits per heavy atom. The summed E-state index contributed by atoms with van der Waals surface area (Å²) in [6.07, 6.45) is 6.99. The van der Waals surface area contributed by atoms with Crippen molar-refractivity contribution in [2.24, 2.45) is 11.3 Å². The van der Waals surface area contributed by atoms with Crippen molar-refractivity contribution in [2.45, 2.75) is 58.1 Å². The van der Waals surface area contributed by atoms with Crippen LogP contribution in [0.5, 0.6) is 0 Å². The summed E-state index contributed by atoms with van der Waals surface area (Å²) < 4.78 is 0. The Hall–Kier alpha value is 0.270. The van der Waals surface area contributed by atoms with Gasteiger partial charge in [-0.05, 0) is 37.1 Å². The molecule has 1 unspecified atom stereocenters. The molecule has 0 bridgehead atoms. The van der Waals surface area contributed by atoms with Gasteiger partial charge >= 0.3 is 0 Å². The van der Waals surface area contributed by atoms with E-state index in [0.29, 0.717) is 5.41 Å². The second-order valence-electron chi connectivity index (χ2n) is 7.28. The lowest BCUT2D eigenvalue weighted by molar-refractivity contribution is 0.0886. The first-order valence-corrected chi connectivity index (χ1v) is 9.73. The van der Waals surface area contributed by atoms with Gasteiger partial charge in [0.1, 0.15) is 0 Å². The van der Waals surface area contributed by atoms with Crippen LogP contribution in [0, 0.1) is 11.3 Å². The molecule has 2 fully saturated rings. The molecule has 2 rings (SSSR count). The summed E-state index contributed by atoms with van der Waals surface area (Å²) in [6, 6.07) is 0. The second-order valence-corrected chi connectivity index (χ2v) is 8.82. The summed E-state index contributed by atoms with van der Waals surface area (Å²) in [5.74, 6) is 2.28. The zero-order valence-corrected chi connectivity index (χ0v) is 14.6. The van der Waals surface area contributed by atoms with Crippen LogP contribution in [-0.4, -0.2) is 48.6 Å². The minimum absolute atomic E-state index is 0.559. The van der Waals surface area contributed by atoms with Crippen molar-refractivity contribution in [1.82, 2.24) is 10.2 Å². The van der Waals surface area contributed by atoms with Gasteiger partial charge in [0, 0.05) is 37.2 Å². The molecule has 0 aromatic heterocycles. The molecular formula is C17H34N2S. The maximum atomic E-state index is 3.73. The molecule has 1 N–H and O–H groups in total. The van der Waals surface area contributed by atoms with E-state index in [9.17, 15) is 0 Å². The molecule has 0 amide bonds. The largest absolute Gasteiger partial charge is 0.316 e. The molecule has 3 heteroatoms. The molecule has 0 aromatic carbocycles. The zero-order chi connectivity index (χ0) is 14.4. The van der Waals surface area contributed by atoms with Crippen LogP contribution in [0.4, 0.5) is 0 Å². The summed E-state index contributed by atoms with van der Waals surface area (Å²) in [7, 11) is 0. The highest BCUT2D eigenvalue weighted by Gasteiger charge is 2.36. The van der Waals surface area contributed by atoms with E-state index in [1.165, 1.54) is 70.6 Å². The fraction of sp³-hybridized carbons (Fsp3) is 1.00. The lowest BCUT2D eigenvalue weighted by atomic mass is 9.70. The van der Waals surface area contributed by atoms with Gasteiger partial charge in [-0.15, -0.1) is 0 Å². The Morgan fingerprint density at radius 2 is 2.00 bits per heavy atom. The van der Waals surface area contributed by atoms with Crippen LogP contribution in [0.3, 0.4) is 0 Å². The Balaban J connectivity index is 1.91. The molecule has 2 aliphatic rings. The summed E-state index contributed by atoms with van der Waals surface area (Å²) in [6.45, 7) is 13.5. The van der Waals surface area contributed by atoms with Crippen LogP contribution in [-0.2, 0) is 0 Å². The van der Waals surface area contributed by atoms with Crippen molar-refractivity contribution in [1.29, 1.82) is 0 Å². The van der Waals surface area contributed by atoms with Crippen molar-refractivity contribution in [2.75, 3.05) is 38.5 Å². The van der Waals surface area contributed by atoms with Gasteiger partial charge in [-0.1, -0.05) is 33.6 Å². The molecule has 1 saturated carbocycles. The van der Waals surface area contributed by atoms with Crippen LogP contribution in [0.2, 0.25) is 0 Å². The maximum absolute atomic E-state index is 3.73. The van der Waals surface area contributed by atoms with E-state index in [2.05, 4.69) is 42.7 Å². The van der Waals surface area contributed by atoms with E-state index in [-0.39, 0.29) is 0 Å².